The molecule has 14 heteroatoms. The van der Waals surface area contributed by atoms with Crippen molar-refractivity contribution in [2.45, 2.75) is 48.5 Å². The van der Waals surface area contributed by atoms with E-state index in [9.17, 15) is 0 Å². The number of aryl methyl sites for hydroxylation is 7. The molecule has 0 aliphatic rings. The summed E-state index contributed by atoms with van der Waals surface area (Å²) in [6.45, 7) is 23.0. The van der Waals surface area contributed by atoms with Crippen molar-refractivity contribution in [3.05, 3.63) is 157 Å². The van der Waals surface area contributed by atoms with Crippen molar-refractivity contribution in [1.29, 1.82) is 0 Å². The first kappa shape index (κ1) is 40.9. The summed E-state index contributed by atoms with van der Waals surface area (Å²) in [4.78, 5) is 21.5. The summed E-state index contributed by atoms with van der Waals surface area (Å²) in [5, 5.41) is 20.9. The molecule has 0 aliphatic carbocycles. The smallest absolute Gasteiger partial charge is 0.260 e. The quantitative estimate of drug-likeness (QED) is 0.114. The highest BCUT2D eigenvalue weighted by atomic mass is 35.5. The Morgan fingerprint density at radius 1 is 0.677 bits per heavy atom. The third-order valence-corrected chi connectivity index (χ3v) is 13.0. The molecule has 62 heavy (non-hydrogen) atoms. The standard InChI is InChI=1S/C48H38Cl2N10S2/c1-25-18-27(3)40(28(4)19-25)55-45-41(29(5)22-39(54-45)59(44-30(6)20-26(2)21-31(44)7)47-52-35-23-33(49)14-16-37(35)61-47)56-57-46-43(51-8)42(32-12-10-9-11-13-32)58-60(46)48-53-36-24-34(50)15-17-38(36)62-48/h9-24H,1-7H3,(H,54,55)/b57-56+. The van der Waals surface area contributed by atoms with Gasteiger partial charge in [0.15, 0.2) is 16.8 Å². The fourth-order valence-electron chi connectivity index (χ4n) is 7.88. The number of halogens is 2. The Hall–Kier alpha value is -6.49. The molecule has 9 aromatic rings. The van der Waals surface area contributed by atoms with E-state index in [0.717, 1.165) is 75.9 Å². The van der Waals surface area contributed by atoms with Gasteiger partial charge in [-0.05, 0) is 124 Å². The monoisotopic (exact) mass is 888 g/mol. The first-order valence-electron chi connectivity index (χ1n) is 19.7. The third kappa shape index (κ3) is 7.69. The number of fused-ring (bicyclic) bond motifs is 2. The van der Waals surface area contributed by atoms with Crippen LogP contribution in [0.4, 0.5) is 45.3 Å². The zero-order valence-electron chi connectivity index (χ0n) is 34.8. The van der Waals surface area contributed by atoms with Gasteiger partial charge in [-0.15, -0.1) is 10.2 Å². The van der Waals surface area contributed by atoms with Crippen LogP contribution in [0.5, 0.6) is 0 Å². The van der Waals surface area contributed by atoms with E-state index in [1.807, 2.05) is 79.7 Å². The molecule has 0 spiro atoms. The Morgan fingerprint density at radius 3 is 1.94 bits per heavy atom. The summed E-state index contributed by atoms with van der Waals surface area (Å²) in [6, 6.07) is 31.6. The molecule has 0 unspecified atom stereocenters. The van der Waals surface area contributed by atoms with Crippen LogP contribution < -0.4 is 10.2 Å². The number of nitrogens with one attached hydrogen (secondary N) is 1. The maximum Gasteiger partial charge on any atom is 0.260 e. The van der Waals surface area contributed by atoms with Gasteiger partial charge in [0.05, 0.1) is 32.7 Å². The van der Waals surface area contributed by atoms with Crippen LogP contribution in [0, 0.1) is 55.0 Å². The number of nitrogens with zero attached hydrogens (tertiary/aromatic N) is 9. The van der Waals surface area contributed by atoms with E-state index in [4.69, 9.17) is 60.1 Å². The lowest BCUT2D eigenvalue weighted by Gasteiger charge is -2.27. The molecule has 0 radical (unpaired) electrons. The second-order valence-electron chi connectivity index (χ2n) is 15.3. The Balaban J connectivity index is 1.27. The van der Waals surface area contributed by atoms with Crippen LogP contribution >= 0.6 is 45.9 Å². The zero-order valence-corrected chi connectivity index (χ0v) is 38.0. The van der Waals surface area contributed by atoms with Gasteiger partial charge in [0, 0.05) is 15.7 Å². The van der Waals surface area contributed by atoms with Crippen LogP contribution in [-0.4, -0.2) is 24.7 Å². The Bertz CT molecular complexity index is 3260. The van der Waals surface area contributed by atoms with Crippen LogP contribution in [0.2, 0.25) is 10.0 Å². The van der Waals surface area contributed by atoms with Gasteiger partial charge < -0.3 is 5.32 Å². The molecule has 0 saturated carbocycles. The number of anilines is 5. The summed E-state index contributed by atoms with van der Waals surface area (Å²) in [6.07, 6.45) is 0. The molecular formula is C48H38Cl2N10S2. The summed E-state index contributed by atoms with van der Waals surface area (Å²) in [7, 11) is 0. The van der Waals surface area contributed by atoms with Crippen LogP contribution in [0.15, 0.2) is 107 Å². The lowest BCUT2D eigenvalue weighted by molar-refractivity contribution is 0.866. The van der Waals surface area contributed by atoms with E-state index < -0.39 is 0 Å². The Labute approximate surface area is 377 Å². The molecule has 4 aromatic heterocycles. The first-order valence-corrected chi connectivity index (χ1v) is 22.1. The van der Waals surface area contributed by atoms with Gasteiger partial charge in [-0.3, -0.25) is 4.90 Å². The lowest BCUT2D eigenvalue weighted by Crippen LogP contribution is -2.15. The number of thiazole rings is 2. The number of hydrogen-bond acceptors (Lipinski definition) is 10. The van der Waals surface area contributed by atoms with Crippen molar-refractivity contribution < 1.29 is 0 Å². The van der Waals surface area contributed by atoms with Crippen molar-refractivity contribution in [2.24, 2.45) is 10.2 Å². The normalized spacial score (nSPS) is 11.5. The number of azo groups is 1. The van der Waals surface area contributed by atoms with Crippen LogP contribution in [0.3, 0.4) is 0 Å². The first-order chi connectivity index (χ1) is 29.8. The van der Waals surface area contributed by atoms with E-state index >= 15 is 0 Å². The Morgan fingerprint density at radius 2 is 1.29 bits per heavy atom. The summed E-state index contributed by atoms with van der Waals surface area (Å²) < 4.78 is 3.51. The molecular weight excluding hydrogens is 852 g/mol. The van der Waals surface area contributed by atoms with Gasteiger partial charge in [0.25, 0.3) is 5.69 Å². The minimum atomic E-state index is 0.238. The predicted molar refractivity (Wildman–Crippen MR) is 258 cm³/mol. The summed E-state index contributed by atoms with van der Waals surface area (Å²) in [5.41, 5.74) is 12.7. The Kier molecular flexibility index (Phi) is 10.8. The molecule has 0 bridgehead atoms. The summed E-state index contributed by atoms with van der Waals surface area (Å²) >= 11 is 15.8. The number of benzene rings is 5. The van der Waals surface area contributed by atoms with E-state index in [0.29, 0.717) is 43.7 Å². The molecule has 4 heterocycles. The molecule has 10 nitrogen and oxygen atoms in total. The topological polar surface area (TPSA) is 101 Å². The highest BCUT2D eigenvalue weighted by Crippen LogP contribution is 2.47. The maximum absolute atomic E-state index is 8.40. The van der Waals surface area contributed by atoms with E-state index in [2.05, 4.69) is 80.9 Å². The highest BCUT2D eigenvalue weighted by molar-refractivity contribution is 7.22. The van der Waals surface area contributed by atoms with Gasteiger partial charge in [0.1, 0.15) is 17.2 Å². The highest BCUT2D eigenvalue weighted by Gasteiger charge is 2.27. The molecule has 1 N–H and O–H groups in total. The second kappa shape index (κ2) is 16.4. The van der Waals surface area contributed by atoms with Gasteiger partial charge in [0.2, 0.25) is 5.13 Å². The number of hydrogen-bond donors (Lipinski definition) is 1. The van der Waals surface area contributed by atoms with Crippen LogP contribution in [-0.2, 0) is 0 Å². The van der Waals surface area contributed by atoms with Gasteiger partial charge >= 0.3 is 0 Å². The minimum Gasteiger partial charge on any atom is -0.338 e. The molecule has 0 amide bonds. The van der Waals surface area contributed by atoms with Crippen LogP contribution in [0.25, 0.3) is 41.7 Å². The second-order valence-corrected chi connectivity index (χ2v) is 18.2. The van der Waals surface area contributed by atoms with Crippen molar-refractivity contribution in [3.8, 4) is 16.4 Å². The van der Waals surface area contributed by atoms with Crippen molar-refractivity contribution in [2.75, 3.05) is 10.2 Å². The van der Waals surface area contributed by atoms with Crippen molar-refractivity contribution >= 4 is 112 Å². The lowest BCUT2D eigenvalue weighted by atomic mass is 10.0. The zero-order chi connectivity index (χ0) is 43.4. The molecule has 306 valence electrons. The molecule has 5 aromatic carbocycles. The minimum absolute atomic E-state index is 0.238. The predicted octanol–water partition coefficient (Wildman–Crippen LogP) is 15.8. The van der Waals surface area contributed by atoms with Gasteiger partial charge in [-0.1, -0.05) is 112 Å². The van der Waals surface area contributed by atoms with Crippen molar-refractivity contribution in [3.63, 3.8) is 0 Å². The average molecular weight is 890 g/mol. The number of rotatable bonds is 9. The number of pyridine rings is 1. The molecule has 9 rings (SSSR count). The third-order valence-electron chi connectivity index (χ3n) is 10.5. The van der Waals surface area contributed by atoms with Crippen LogP contribution in [0.1, 0.15) is 38.9 Å². The average Bonchev–Trinajstić information content (AvgIpc) is 3.95. The molecule has 0 atom stereocenters. The maximum atomic E-state index is 8.40. The van der Waals surface area contributed by atoms with E-state index in [1.54, 1.807) is 16.0 Å². The number of aromatic nitrogens is 5. The molecule has 0 saturated heterocycles. The van der Waals surface area contributed by atoms with Crippen molar-refractivity contribution in [1.82, 2.24) is 24.7 Å². The fraction of sp³-hybridized carbons (Fsp3) is 0.146. The molecule has 0 fully saturated rings. The molecule has 0 aliphatic heterocycles. The van der Waals surface area contributed by atoms with E-state index in [1.165, 1.54) is 11.3 Å². The largest absolute Gasteiger partial charge is 0.338 e. The van der Waals surface area contributed by atoms with Gasteiger partial charge in [-0.25, -0.2) is 19.8 Å². The fourth-order valence-corrected chi connectivity index (χ4v) is 10.1. The van der Waals surface area contributed by atoms with E-state index in [-0.39, 0.29) is 11.5 Å². The van der Waals surface area contributed by atoms with Gasteiger partial charge in [-0.2, -0.15) is 9.78 Å². The SMILES string of the molecule is [C-]#[N+]c1c(-c2ccccc2)nn(-c2nc3cc(Cl)ccc3s2)c1/N=N/c1c(C)cc(N(c2nc3cc(Cl)ccc3s2)c2c(C)cc(C)cc2C)nc1Nc1c(C)cc(C)cc1C. The summed E-state index contributed by atoms with van der Waals surface area (Å²) in [5.74, 6) is 1.35.